The van der Waals surface area contributed by atoms with E-state index < -0.39 is 0 Å². The fraction of sp³-hybridized carbons (Fsp3) is 0. The molecule has 0 amide bonds. The fourth-order valence-corrected chi connectivity index (χ4v) is 2.78. The largest absolute Gasteiger partial charge is 0.507 e. The zero-order valence-corrected chi connectivity index (χ0v) is 14.0. The predicted octanol–water partition coefficient (Wildman–Crippen LogP) is 6.09. The van der Waals surface area contributed by atoms with Gasteiger partial charge < -0.3 is 9.84 Å². The topological polar surface area (TPSA) is 41.8 Å². The number of fused-ring (bicyclic) bond motifs is 1. The van der Waals surface area contributed by atoms with Gasteiger partial charge in [0.15, 0.2) is 0 Å². The molecule has 1 N–H and O–H groups in total. The summed E-state index contributed by atoms with van der Waals surface area (Å²) >= 11 is 0. The number of phenolic OH excluding ortho intramolecular Hbond substituents is 1. The van der Waals surface area contributed by atoms with Crippen LogP contribution in [-0.4, -0.2) is 11.3 Å². The van der Waals surface area contributed by atoms with Crippen molar-refractivity contribution in [1.82, 2.24) is 0 Å². The molecule has 0 unspecified atom stereocenters. The van der Waals surface area contributed by atoms with Crippen molar-refractivity contribution in [3.05, 3.63) is 96.6 Å². The van der Waals surface area contributed by atoms with Gasteiger partial charge in [0.2, 0.25) is 0 Å². The summed E-state index contributed by atoms with van der Waals surface area (Å²) in [4.78, 5) is 4.50. The van der Waals surface area contributed by atoms with Crippen LogP contribution < -0.4 is 4.74 Å². The Kier molecular flexibility index (Phi) is 4.35. The van der Waals surface area contributed by atoms with Crippen LogP contribution in [0.2, 0.25) is 0 Å². The van der Waals surface area contributed by atoms with Gasteiger partial charge in [0.05, 0.1) is 5.69 Å². The summed E-state index contributed by atoms with van der Waals surface area (Å²) in [6.45, 7) is 0. The van der Waals surface area contributed by atoms with Crippen molar-refractivity contribution in [3.8, 4) is 17.2 Å². The molecule has 0 aliphatic rings. The number of hydrogen-bond acceptors (Lipinski definition) is 3. The van der Waals surface area contributed by atoms with Gasteiger partial charge in [-0.25, -0.2) is 0 Å². The zero-order chi connectivity index (χ0) is 17.8. The van der Waals surface area contributed by atoms with Crippen molar-refractivity contribution in [2.45, 2.75) is 0 Å². The van der Waals surface area contributed by atoms with E-state index in [0.717, 1.165) is 28.0 Å². The Morgan fingerprint density at radius 1 is 0.692 bits per heavy atom. The number of aliphatic imine (C=N–C) groups is 1. The van der Waals surface area contributed by atoms with Gasteiger partial charge in [0.1, 0.15) is 17.2 Å². The summed E-state index contributed by atoms with van der Waals surface area (Å²) in [7, 11) is 0. The molecule has 0 saturated heterocycles. The summed E-state index contributed by atoms with van der Waals surface area (Å²) in [6, 6.07) is 28.7. The van der Waals surface area contributed by atoms with Gasteiger partial charge in [-0.3, -0.25) is 4.99 Å². The Balaban J connectivity index is 1.57. The molecule has 4 rings (SSSR count). The Labute approximate surface area is 151 Å². The molecule has 0 atom stereocenters. The molecular weight excluding hydrogens is 322 g/mol. The van der Waals surface area contributed by atoms with E-state index in [9.17, 15) is 5.11 Å². The van der Waals surface area contributed by atoms with Crippen LogP contribution in [0.15, 0.2) is 96.0 Å². The highest BCUT2D eigenvalue weighted by Crippen LogP contribution is 2.27. The molecule has 3 nitrogen and oxygen atoms in total. The van der Waals surface area contributed by atoms with E-state index in [1.807, 2.05) is 84.9 Å². The van der Waals surface area contributed by atoms with E-state index in [4.69, 9.17) is 4.74 Å². The van der Waals surface area contributed by atoms with Crippen molar-refractivity contribution < 1.29 is 9.84 Å². The van der Waals surface area contributed by atoms with Crippen LogP contribution in [0.1, 0.15) is 5.56 Å². The second kappa shape index (κ2) is 7.11. The van der Waals surface area contributed by atoms with Crippen LogP contribution in [0.4, 0.5) is 5.69 Å². The highest BCUT2D eigenvalue weighted by Gasteiger charge is 2.04. The number of aromatic hydroxyl groups is 1. The molecule has 26 heavy (non-hydrogen) atoms. The number of rotatable bonds is 4. The molecule has 0 spiro atoms. The van der Waals surface area contributed by atoms with Crippen LogP contribution in [0.5, 0.6) is 17.2 Å². The normalized spacial score (nSPS) is 11.1. The van der Waals surface area contributed by atoms with Gasteiger partial charge in [0.25, 0.3) is 0 Å². The highest BCUT2D eigenvalue weighted by molar-refractivity contribution is 6.02. The minimum Gasteiger partial charge on any atom is -0.507 e. The summed E-state index contributed by atoms with van der Waals surface area (Å²) in [5.74, 6) is 1.77. The van der Waals surface area contributed by atoms with Crippen molar-refractivity contribution in [2.75, 3.05) is 0 Å². The molecule has 126 valence electrons. The monoisotopic (exact) mass is 339 g/mol. The number of para-hydroxylation sites is 1. The number of phenols is 1. The van der Waals surface area contributed by atoms with Gasteiger partial charge in [-0.05, 0) is 53.2 Å². The molecule has 3 heteroatoms. The van der Waals surface area contributed by atoms with Crippen LogP contribution in [-0.2, 0) is 0 Å². The first-order valence-corrected chi connectivity index (χ1v) is 8.37. The summed E-state index contributed by atoms with van der Waals surface area (Å²) < 4.78 is 5.78. The van der Waals surface area contributed by atoms with E-state index in [1.54, 1.807) is 12.3 Å². The van der Waals surface area contributed by atoms with Gasteiger partial charge in [0, 0.05) is 11.8 Å². The SMILES string of the molecule is Oc1ccc2ccccc2c1C=Nc1ccc(Oc2ccccc2)cc1. The van der Waals surface area contributed by atoms with E-state index in [2.05, 4.69) is 4.99 Å². The lowest BCUT2D eigenvalue weighted by Gasteiger charge is -2.06. The first kappa shape index (κ1) is 15.9. The third kappa shape index (κ3) is 3.42. The maximum atomic E-state index is 10.2. The van der Waals surface area contributed by atoms with Crippen molar-refractivity contribution in [1.29, 1.82) is 0 Å². The minimum atomic E-state index is 0.219. The molecule has 0 aromatic heterocycles. The third-order valence-electron chi connectivity index (χ3n) is 4.11. The summed E-state index contributed by atoms with van der Waals surface area (Å²) in [5, 5.41) is 12.2. The fourth-order valence-electron chi connectivity index (χ4n) is 2.78. The molecule has 4 aromatic rings. The van der Waals surface area contributed by atoms with Crippen LogP contribution in [0.25, 0.3) is 10.8 Å². The Morgan fingerprint density at radius 2 is 1.38 bits per heavy atom. The minimum absolute atomic E-state index is 0.219. The number of nitrogens with zero attached hydrogens (tertiary/aromatic N) is 1. The highest BCUT2D eigenvalue weighted by atomic mass is 16.5. The first-order chi connectivity index (χ1) is 12.8. The second-order valence-corrected chi connectivity index (χ2v) is 5.89. The molecule has 0 bridgehead atoms. The van der Waals surface area contributed by atoms with Gasteiger partial charge in [-0.15, -0.1) is 0 Å². The quantitative estimate of drug-likeness (QED) is 0.457. The van der Waals surface area contributed by atoms with Crippen molar-refractivity contribution in [2.24, 2.45) is 4.99 Å². The number of ether oxygens (including phenoxy) is 1. The number of benzene rings is 4. The van der Waals surface area contributed by atoms with Gasteiger partial charge in [-0.2, -0.15) is 0 Å². The lowest BCUT2D eigenvalue weighted by molar-refractivity contribution is 0.475. The van der Waals surface area contributed by atoms with E-state index in [1.165, 1.54) is 0 Å². The molecular formula is C23H17NO2. The predicted molar refractivity (Wildman–Crippen MR) is 106 cm³/mol. The molecule has 0 radical (unpaired) electrons. The molecule has 4 aromatic carbocycles. The summed E-state index contributed by atoms with van der Waals surface area (Å²) in [6.07, 6.45) is 1.70. The van der Waals surface area contributed by atoms with Gasteiger partial charge in [-0.1, -0.05) is 48.5 Å². The van der Waals surface area contributed by atoms with E-state index in [0.29, 0.717) is 5.56 Å². The Bertz CT molecular complexity index is 1050. The first-order valence-electron chi connectivity index (χ1n) is 8.37. The van der Waals surface area contributed by atoms with E-state index in [-0.39, 0.29) is 5.75 Å². The molecule has 0 aliphatic carbocycles. The molecule has 0 aliphatic heterocycles. The van der Waals surface area contributed by atoms with E-state index >= 15 is 0 Å². The smallest absolute Gasteiger partial charge is 0.127 e. The molecule has 0 saturated carbocycles. The van der Waals surface area contributed by atoms with Gasteiger partial charge >= 0.3 is 0 Å². The standard InChI is InChI=1S/C23H17NO2/c25-23-15-10-17-6-4-5-9-21(17)22(23)16-24-18-11-13-20(14-12-18)26-19-7-2-1-3-8-19/h1-16,25H. The average Bonchev–Trinajstić information content (AvgIpc) is 2.69. The Hall–Kier alpha value is -3.59. The second-order valence-electron chi connectivity index (χ2n) is 5.89. The maximum absolute atomic E-state index is 10.2. The summed E-state index contributed by atoms with van der Waals surface area (Å²) in [5.41, 5.74) is 1.51. The Morgan fingerprint density at radius 3 is 2.19 bits per heavy atom. The lowest BCUT2D eigenvalue weighted by Crippen LogP contribution is -1.86. The van der Waals surface area contributed by atoms with Crippen LogP contribution in [0.3, 0.4) is 0 Å². The number of hydrogen-bond donors (Lipinski definition) is 1. The molecule has 0 heterocycles. The van der Waals surface area contributed by atoms with Crippen LogP contribution in [0, 0.1) is 0 Å². The zero-order valence-electron chi connectivity index (χ0n) is 14.0. The molecule has 0 fully saturated rings. The maximum Gasteiger partial charge on any atom is 0.127 e. The average molecular weight is 339 g/mol. The van der Waals surface area contributed by atoms with Crippen LogP contribution >= 0.6 is 0 Å². The van der Waals surface area contributed by atoms with Crippen molar-refractivity contribution >= 4 is 22.7 Å². The van der Waals surface area contributed by atoms with Crippen molar-refractivity contribution in [3.63, 3.8) is 0 Å². The lowest BCUT2D eigenvalue weighted by atomic mass is 10.0. The third-order valence-corrected chi connectivity index (χ3v) is 4.11.